The van der Waals surface area contributed by atoms with Crippen molar-refractivity contribution in [1.82, 2.24) is 0 Å². The first-order valence-corrected chi connectivity index (χ1v) is 10.1. The largest absolute Gasteiger partial charge is 0.493 e. The number of aryl methyl sites for hydroxylation is 1. The van der Waals surface area contributed by atoms with Crippen LogP contribution in [0.5, 0.6) is 11.5 Å². The van der Waals surface area contributed by atoms with E-state index in [4.69, 9.17) is 21.1 Å². The van der Waals surface area contributed by atoms with Crippen molar-refractivity contribution in [2.24, 2.45) is 0 Å². The number of halogens is 2. The van der Waals surface area contributed by atoms with Gasteiger partial charge in [-0.05, 0) is 54.0 Å². The molecule has 0 atom stereocenters. The number of allylic oxidation sites excluding steroid dienone is 1. The first-order valence-electron chi connectivity index (χ1n) is 8.94. The Bertz CT molecular complexity index is 1090. The maximum absolute atomic E-state index is 9.60. The summed E-state index contributed by atoms with van der Waals surface area (Å²) in [5.41, 5.74) is 4.35. The van der Waals surface area contributed by atoms with Crippen LogP contribution in [0, 0.1) is 18.3 Å². The van der Waals surface area contributed by atoms with Crippen LogP contribution in [0.25, 0.3) is 11.6 Å². The summed E-state index contributed by atoms with van der Waals surface area (Å²) < 4.78 is 12.3. The Hall–Kier alpha value is -2.74. The summed E-state index contributed by atoms with van der Waals surface area (Å²) in [5, 5.41) is 10.2. The van der Waals surface area contributed by atoms with Crippen molar-refractivity contribution in [3.63, 3.8) is 0 Å². The molecule has 3 nitrogen and oxygen atoms in total. The molecule has 0 saturated heterocycles. The van der Waals surface area contributed by atoms with E-state index < -0.39 is 0 Å². The fourth-order valence-electron chi connectivity index (χ4n) is 2.77. The fourth-order valence-corrected chi connectivity index (χ4v) is 3.40. The molecular weight excluding hydrogens is 450 g/mol. The van der Waals surface area contributed by atoms with Crippen LogP contribution in [0.3, 0.4) is 0 Å². The van der Waals surface area contributed by atoms with Gasteiger partial charge in [-0.25, -0.2) is 0 Å². The lowest BCUT2D eigenvalue weighted by atomic mass is 10.0. The van der Waals surface area contributed by atoms with Crippen molar-refractivity contribution >= 4 is 39.2 Å². The monoisotopic (exact) mass is 467 g/mol. The highest BCUT2D eigenvalue weighted by Crippen LogP contribution is 2.36. The zero-order valence-electron chi connectivity index (χ0n) is 16.1. The Morgan fingerprint density at radius 2 is 1.86 bits per heavy atom. The second kappa shape index (κ2) is 9.65. The number of benzene rings is 3. The summed E-state index contributed by atoms with van der Waals surface area (Å²) in [6, 6.07) is 21.3. The number of ether oxygens (including phenoxy) is 2. The van der Waals surface area contributed by atoms with E-state index in [-0.39, 0.29) is 0 Å². The Kier molecular flexibility index (Phi) is 6.98. The van der Waals surface area contributed by atoms with E-state index in [1.807, 2.05) is 36.4 Å². The lowest BCUT2D eigenvalue weighted by Crippen LogP contribution is -1.98. The lowest BCUT2D eigenvalue weighted by molar-refractivity contribution is 0.284. The maximum Gasteiger partial charge on any atom is 0.162 e. The third-order valence-electron chi connectivity index (χ3n) is 4.35. The minimum atomic E-state index is 0.435. The van der Waals surface area contributed by atoms with Crippen LogP contribution >= 0.6 is 27.5 Å². The smallest absolute Gasteiger partial charge is 0.162 e. The van der Waals surface area contributed by atoms with Gasteiger partial charge in [-0.1, -0.05) is 69.5 Å². The Morgan fingerprint density at radius 3 is 2.52 bits per heavy atom. The zero-order chi connectivity index (χ0) is 20.8. The van der Waals surface area contributed by atoms with Crippen molar-refractivity contribution in [3.05, 3.63) is 92.4 Å². The fraction of sp³-hybridized carbons (Fsp3) is 0.125. The minimum Gasteiger partial charge on any atom is -0.493 e. The highest BCUT2D eigenvalue weighted by molar-refractivity contribution is 9.10. The molecule has 3 aromatic rings. The summed E-state index contributed by atoms with van der Waals surface area (Å²) in [5.74, 6) is 1.22. The lowest BCUT2D eigenvalue weighted by Gasteiger charge is -2.13. The molecule has 3 rings (SSSR count). The molecule has 0 aliphatic carbocycles. The zero-order valence-corrected chi connectivity index (χ0v) is 18.4. The van der Waals surface area contributed by atoms with E-state index >= 15 is 0 Å². The standard InChI is InChI=1S/C24H19BrClNO2/c1-16-6-8-17(9-7-16)15-29-24-13-22(25)19(12-23(24)28-2)10-20(14-27)18-4-3-5-21(26)11-18/h3-13H,15H2,1-2H3/b20-10+. The third kappa shape index (κ3) is 5.41. The van der Waals surface area contributed by atoms with Gasteiger partial charge >= 0.3 is 0 Å². The average Bonchev–Trinajstić information content (AvgIpc) is 2.72. The molecule has 0 bridgehead atoms. The van der Waals surface area contributed by atoms with Crippen LogP contribution in [0.1, 0.15) is 22.3 Å². The van der Waals surface area contributed by atoms with Gasteiger partial charge in [-0.15, -0.1) is 0 Å². The van der Waals surface area contributed by atoms with Crippen molar-refractivity contribution in [2.45, 2.75) is 13.5 Å². The van der Waals surface area contributed by atoms with Crippen LogP contribution < -0.4 is 9.47 Å². The van der Waals surface area contributed by atoms with Gasteiger partial charge in [-0.2, -0.15) is 5.26 Å². The molecule has 0 N–H and O–H groups in total. The predicted octanol–water partition coefficient (Wildman–Crippen LogP) is 7.06. The van der Waals surface area contributed by atoms with Crippen LogP contribution in [0.15, 0.2) is 65.1 Å². The molecule has 146 valence electrons. The van der Waals surface area contributed by atoms with Gasteiger partial charge in [0, 0.05) is 9.50 Å². The summed E-state index contributed by atoms with van der Waals surface area (Å²) in [7, 11) is 1.59. The van der Waals surface area contributed by atoms with E-state index in [1.54, 1.807) is 25.3 Å². The summed E-state index contributed by atoms with van der Waals surface area (Å²) >= 11 is 9.64. The number of nitriles is 1. The molecule has 29 heavy (non-hydrogen) atoms. The van der Waals surface area contributed by atoms with Crippen molar-refractivity contribution < 1.29 is 9.47 Å². The molecule has 3 aromatic carbocycles. The van der Waals surface area contributed by atoms with Gasteiger partial charge in [0.25, 0.3) is 0 Å². The highest BCUT2D eigenvalue weighted by atomic mass is 79.9. The van der Waals surface area contributed by atoms with E-state index in [0.717, 1.165) is 21.2 Å². The maximum atomic E-state index is 9.60. The molecule has 0 fully saturated rings. The molecule has 0 saturated carbocycles. The van der Waals surface area contributed by atoms with Crippen LogP contribution in [-0.2, 0) is 6.61 Å². The average molecular weight is 469 g/mol. The molecular formula is C24H19BrClNO2. The number of hydrogen-bond acceptors (Lipinski definition) is 3. The van der Waals surface area contributed by atoms with Gasteiger partial charge < -0.3 is 9.47 Å². The number of nitrogens with zero attached hydrogens (tertiary/aromatic N) is 1. The second-order valence-electron chi connectivity index (χ2n) is 6.48. The second-order valence-corrected chi connectivity index (χ2v) is 7.77. The number of rotatable bonds is 6. The molecule has 0 amide bonds. The topological polar surface area (TPSA) is 42.2 Å². The molecule has 0 heterocycles. The van der Waals surface area contributed by atoms with Crippen molar-refractivity contribution in [1.29, 1.82) is 5.26 Å². The molecule has 0 aliphatic rings. The van der Waals surface area contributed by atoms with Crippen LogP contribution in [0.2, 0.25) is 5.02 Å². The normalized spacial score (nSPS) is 11.1. The van der Waals surface area contributed by atoms with Gasteiger partial charge in [0.1, 0.15) is 6.61 Å². The predicted molar refractivity (Wildman–Crippen MR) is 121 cm³/mol. The van der Waals surface area contributed by atoms with E-state index in [1.165, 1.54) is 5.56 Å². The first kappa shape index (κ1) is 21.0. The first-order chi connectivity index (χ1) is 14.0. The Morgan fingerprint density at radius 1 is 1.10 bits per heavy atom. The van der Waals surface area contributed by atoms with Crippen molar-refractivity contribution in [2.75, 3.05) is 7.11 Å². The Balaban J connectivity index is 1.89. The van der Waals surface area contributed by atoms with Crippen LogP contribution in [-0.4, -0.2) is 7.11 Å². The molecule has 0 aliphatic heterocycles. The van der Waals surface area contributed by atoms with Gasteiger partial charge in [-0.3, -0.25) is 0 Å². The van der Waals surface area contributed by atoms with Crippen LogP contribution in [0.4, 0.5) is 0 Å². The SMILES string of the molecule is COc1cc(/C=C(\C#N)c2cccc(Cl)c2)c(Br)cc1OCc1ccc(C)cc1. The number of hydrogen-bond donors (Lipinski definition) is 0. The van der Waals surface area contributed by atoms with Gasteiger partial charge in [0.15, 0.2) is 11.5 Å². The van der Waals surface area contributed by atoms with E-state index in [0.29, 0.717) is 28.7 Å². The molecule has 5 heteroatoms. The van der Waals surface area contributed by atoms with E-state index in [9.17, 15) is 5.26 Å². The number of methoxy groups -OCH3 is 1. The van der Waals surface area contributed by atoms with Gasteiger partial charge in [0.05, 0.1) is 18.8 Å². The Labute approximate surface area is 184 Å². The summed E-state index contributed by atoms with van der Waals surface area (Å²) in [6.07, 6.45) is 1.79. The molecule has 0 aromatic heterocycles. The summed E-state index contributed by atoms with van der Waals surface area (Å²) in [6.45, 7) is 2.49. The molecule has 0 unspecified atom stereocenters. The summed E-state index contributed by atoms with van der Waals surface area (Å²) in [4.78, 5) is 0. The highest BCUT2D eigenvalue weighted by Gasteiger charge is 2.11. The van der Waals surface area contributed by atoms with E-state index in [2.05, 4.69) is 41.1 Å². The molecule has 0 radical (unpaired) electrons. The minimum absolute atomic E-state index is 0.435. The third-order valence-corrected chi connectivity index (χ3v) is 5.28. The molecule has 0 spiro atoms. The quantitative estimate of drug-likeness (QED) is 0.287. The van der Waals surface area contributed by atoms with Crippen molar-refractivity contribution in [3.8, 4) is 17.6 Å². The van der Waals surface area contributed by atoms with Gasteiger partial charge in [0.2, 0.25) is 0 Å².